The van der Waals surface area contributed by atoms with Crippen LogP contribution in [0.4, 0.5) is 10.8 Å². The summed E-state index contributed by atoms with van der Waals surface area (Å²) in [6.45, 7) is 9.44. The second-order valence-electron chi connectivity index (χ2n) is 8.20. The zero-order valence-electron chi connectivity index (χ0n) is 16.5. The first-order valence-corrected chi connectivity index (χ1v) is 10.5. The summed E-state index contributed by atoms with van der Waals surface area (Å²) in [7, 11) is 0. The number of carbonyl (C=O) groups is 1. The molecular weight excluding hydrogens is 358 g/mol. The van der Waals surface area contributed by atoms with Crippen LogP contribution in [-0.4, -0.2) is 23.5 Å². The summed E-state index contributed by atoms with van der Waals surface area (Å²) >= 11 is 1.44. The molecule has 0 radical (unpaired) electrons. The molecule has 1 saturated carbocycles. The summed E-state index contributed by atoms with van der Waals surface area (Å²) in [5.74, 6) is 1.39. The Bertz CT molecular complexity index is 770. The van der Waals surface area contributed by atoms with Crippen molar-refractivity contribution in [2.24, 2.45) is 11.3 Å². The molecule has 2 N–H and O–H groups in total. The minimum Gasteiger partial charge on any atom is -0.494 e. The van der Waals surface area contributed by atoms with E-state index >= 15 is 0 Å². The van der Waals surface area contributed by atoms with Crippen LogP contribution in [0, 0.1) is 11.3 Å². The second kappa shape index (κ2) is 8.30. The van der Waals surface area contributed by atoms with E-state index in [1.165, 1.54) is 17.8 Å². The highest BCUT2D eigenvalue weighted by Gasteiger charge is 2.33. The topological polar surface area (TPSA) is 63.2 Å². The summed E-state index contributed by atoms with van der Waals surface area (Å²) in [6.07, 6.45) is 3.27. The van der Waals surface area contributed by atoms with Crippen LogP contribution in [0.1, 0.15) is 57.4 Å². The number of hydrogen-bond donors (Lipinski definition) is 2. The Morgan fingerprint density at radius 1 is 1.30 bits per heavy atom. The average Bonchev–Trinajstić information content (AvgIpc) is 3.03. The van der Waals surface area contributed by atoms with Crippen LogP contribution in [0.25, 0.3) is 0 Å². The summed E-state index contributed by atoms with van der Waals surface area (Å²) in [6, 6.07) is 7.94. The molecule has 1 heterocycles. The Balaban J connectivity index is 1.59. The van der Waals surface area contributed by atoms with Gasteiger partial charge in [-0.2, -0.15) is 0 Å². The number of carbonyl (C=O) groups excluding carboxylic acids is 1. The number of anilines is 2. The van der Waals surface area contributed by atoms with Gasteiger partial charge in [0.2, 0.25) is 0 Å². The van der Waals surface area contributed by atoms with Crippen molar-refractivity contribution in [3.63, 3.8) is 0 Å². The van der Waals surface area contributed by atoms with Crippen molar-refractivity contribution in [3.05, 3.63) is 35.3 Å². The summed E-state index contributed by atoms with van der Waals surface area (Å²) in [5, 5.41) is 8.94. The minimum atomic E-state index is -0.0825. The van der Waals surface area contributed by atoms with E-state index in [-0.39, 0.29) is 17.4 Å². The van der Waals surface area contributed by atoms with Crippen LogP contribution in [0.5, 0.6) is 5.75 Å². The fourth-order valence-electron chi connectivity index (χ4n) is 4.08. The van der Waals surface area contributed by atoms with Crippen molar-refractivity contribution < 1.29 is 9.53 Å². The van der Waals surface area contributed by atoms with Gasteiger partial charge in [-0.25, -0.2) is 4.98 Å². The molecule has 146 valence electrons. The third-order valence-electron chi connectivity index (χ3n) is 4.88. The molecule has 1 amide bonds. The highest BCUT2D eigenvalue weighted by atomic mass is 32.1. The quantitative estimate of drug-likeness (QED) is 0.712. The first-order valence-electron chi connectivity index (χ1n) is 9.61. The summed E-state index contributed by atoms with van der Waals surface area (Å²) in [4.78, 5) is 17.1. The number of nitrogens with one attached hydrogen (secondary N) is 2. The highest BCUT2D eigenvalue weighted by molar-refractivity contribution is 7.14. The lowest BCUT2D eigenvalue weighted by atomic mass is 9.70. The lowest BCUT2D eigenvalue weighted by Gasteiger charge is -2.39. The molecular formula is C21H29N3O2S. The Kier molecular flexibility index (Phi) is 6.05. The normalized spacial score (nSPS) is 21.5. The third-order valence-corrected chi connectivity index (χ3v) is 5.63. The molecule has 1 aromatic carbocycles. The number of thiazole rings is 1. The molecule has 2 atom stereocenters. The zero-order chi connectivity index (χ0) is 19.4. The molecule has 1 aromatic heterocycles. The van der Waals surface area contributed by atoms with Gasteiger partial charge in [0.05, 0.1) is 6.61 Å². The van der Waals surface area contributed by atoms with E-state index in [1.54, 1.807) is 0 Å². The largest absolute Gasteiger partial charge is 0.494 e. The fourth-order valence-corrected chi connectivity index (χ4v) is 4.79. The maximum atomic E-state index is 12.6. The molecule has 0 aliphatic heterocycles. The number of amides is 1. The smallest absolute Gasteiger partial charge is 0.271 e. The third kappa shape index (κ3) is 5.45. The number of ether oxygens (including phenoxy) is 1. The molecule has 27 heavy (non-hydrogen) atoms. The molecule has 5 nitrogen and oxygen atoms in total. The average molecular weight is 388 g/mol. The zero-order valence-corrected chi connectivity index (χ0v) is 17.4. The van der Waals surface area contributed by atoms with Gasteiger partial charge in [-0.15, -0.1) is 11.3 Å². The summed E-state index contributed by atoms with van der Waals surface area (Å²) in [5.41, 5.74) is 1.67. The van der Waals surface area contributed by atoms with E-state index in [1.807, 2.05) is 36.6 Å². The van der Waals surface area contributed by atoms with Crippen LogP contribution < -0.4 is 15.4 Å². The molecule has 3 rings (SSSR count). The molecule has 0 spiro atoms. The van der Waals surface area contributed by atoms with Crippen LogP contribution in [0.15, 0.2) is 29.6 Å². The summed E-state index contributed by atoms with van der Waals surface area (Å²) < 4.78 is 5.45. The molecule has 0 bridgehead atoms. The van der Waals surface area contributed by atoms with Crippen molar-refractivity contribution >= 4 is 28.1 Å². The standard InChI is InChI=1S/C21H29N3O2S/c1-5-26-17-8-6-15(7-9-17)23-20-24-18(13-27-20)19(25)22-16-10-14(2)11-21(3,4)12-16/h6-9,13-14,16H,5,10-12H2,1-4H3,(H,22,25)(H,23,24). The number of hydrogen-bond acceptors (Lipinski definition) is 5. The highest BCUT2D eigenvalue weighted by Crippen LogP contribution is 2.38. The lowest BCUT2D eigenvalue weighted by molar-refractivity contribution is 0.0870. The van der Waals surface area contributed by atoms with E-state index in [4.69, 9.17) is 4.74 Å². The van der Waals surface area contributed by atoms with Gasteiger partial charge in [0.25, 0.3) is 5.91 Å². The van der Waals surface area contributed by atoms with Crippen LogP contribution >= 0.6 is 11.3 Å². The number of rotatable bonds is 6. The Morgan fingerprint density at radius 2 is 2.04 bits per heavy atom. The fraction of sp³-hybridized carbons (Fsp3) is 0.524. The Labute approximate surface area is 165 Å². The number of benzene rings is 1. The van der Waals surface area contributed by atoms with E-state index in [9.17, 15) is 4.79 Å². The van der Waals surface area contributed by atoms with Crippen LogP contribution in [0.3, 0.4) is 0 Å². The van der Waals surface area contributed by atoms with E-state index in [2.05, 4.69) is 36.4 Å². The predicted molar refractivity (Wildman–Crippen MR) is 111 cm³/mol. The first-order chi connectivity index (χ1) is 12.8. The van der Waals surface area contributed by atoms with E-state index < -0.39 is 0 Å². The van der Waals surface area contributed by atoms with Crippen molar-refractivity contribution in [2.45, 2.75) is 53.0 Å². The number of nitrogens with zero attached hydrogens (tertiary/aromatic N) is 1. The molecule has 1 fully saturated rings. The van der Waals surface area contributed by atoms with Crippen molar-refractivity contribution in [1.82, 2.24) is 10.3 Å². The molecule has 2 unspecified atom stereocenters. The SMILES string of the molecule is CCOc1ccc(Nc2nc(C(=O)NC3CC(C)CC(C)(C)C3)cs2)cc1. The van der Waals surface area contributed by atoms with Crippen LogP contribution in [-0.2, 0) is 0 Å². The van der Waals surface area contributed by atoms with Crippen molar-refractivity contribution in [1.29, 1.82) is 0 Å². The van der Waals surface area contributed by atoms with Gasteiger partial charge in [0.1, 0.15) is 11.4 Å². The van der Waals surface area contributed by atoms with Gasteiger partial charge in [-0.1, -0.05) is 20.8 Å². The lowest BCUT2D eigenvalue weighted by Crippen LogP contribution is -2.43. The molecule has 1 aliphatic carbocycles. The molecule has 0 saturated heterocycles. The first kappa shape index (κ1) is 19.7. The minimum absolute atomic E-state index is 0.0825. The molecule has 1 aliphatic rings. The van der Waals surface area contributed by atoms with E-state index in [0.29, 0.717) is 23.4 Å². The van der Waals surface area contributed by atoms with Gasteiger partial charge in [-0.3, -0.25) is 4.79 Å². The maximum absolute atomic E-state index is 12.6. The van der Waals surface area contributed by atoms with Gasteiger partial charge in [0.15, 0.2) is 5.13 Å². The number of aromatic nitrogens is 1. The molecule has 2 aromatic rings. The van der Waals surface area contributed by atoms with Gasteiger partial charge >= 0.3 is 0 Å². The molecule has 6 heteroatoms. The van der Waals surface area contributed by atoms with Crippen molar-refractivity contribution in [2.75, 3.05) is 11.9 Å². The monoisotopic (exact) mass is 387 g/mol. The Hall–Kier alpha value is -2.08. The van der Waals surface area contributed by atoms with Gasteiger partial charge in [0, 0.05) is 17.1 Å². The van der Waals surface area contributed by atoms with Gasteiger partial charge in [-0.05, 0) is 61.8 Å². The van der Waals surface area contributed by atoms with Gasteiger partial charge < -0.3 is 15.4 Å². The van der Waals surface area contributed by atoms with E-state index in [0.717, 1.165) is 24.3 Å². The maximum Gasteiger partial charge on any atom is 0.271 e. The van der Waals surface area contributed by atoms with Crippen LogP contribution in [0.2, 0.25) is 0 Å². The second-order valence-corrected chi connectivity index (χ2v) is 9.06. The van der Waals surface area contributed by atoms with Crippen molar-refractivity contribution in [3.8, 4) is 5.75 Å². The predicted octanol–water partition coefficient (Wildman–Crippen LogP) is 5.23. The Morgan fingerprint density at radius 3 is 2.70 bits per heavy atom.